The molecule has 1 aliphatic heterocycles. The molecule has 5 nitrogen and oxygen atoms in total. The molecular weight excluding hydrogens is 406 g/mol. The molecule has 0 spiro atoms. The van der Waals surface area contributed by atoms with Crippen LogP contribution in [0.4, 0.5) is 0 Å². The van der Waals surface area contributed by atoms with E-state index >= 15 is 0 Å². The summed E-state index contributed by atoms with van der Waals surface area (Å²) in [6.07, 6.45) is 3.92. The fourth-order valence-corrected chi connectivity index (χ4v) is 4.19. The van der Waals surface area contributed by atoms with Crippen molar-refractivity contribution < 1.29 is 9.47 Å². The maximum absolute atomic E-state index is 6.21. The van der Waals surface area contributed by atoms with Crippen molar-refractivity contribution in [3.05, 3.63) is 102 Å². The highest BCUT2D eigenvalue weighted by Crippen LogP contribution is 2.36. The molecule has 0 amide bonds. The van der Waals surface area contributed by atoms with Crippen molar-refractivity contribution in [1.82, 2.24) is 14.8 Å². The second-order valence-corrected chi connectivity index (χ2v) is 7.99. The Morgan fingerprint density at radius 3 is 2.39 bits per heavy atom. The highest BCUT2D eigenvalue weighted by molar-refractivity contribution is 7.99. The summed E-state index contributed by atoms with van der Waals surface area (Å²) in [4.78, 5) is 0. The lowest BCUT2D eigenvalue weighted by Crippen LogP contribution is -2.24. The van der Waals surface area contributed by atoms with E-state index in [1.807, 2.05) is 72.8 Å². The average molecular weight is 428 g/mol. The molecule has 0 saturated carbocycles. The number of hydrogen-bond donors (Lipinski definition) is 0. The van der Waals surface area contributed by atoms with Crippen molar-refractivity contribution in [2.24, 2.45) is 0 Å². The van der Waals surface area contributed by atoms with E-state index in [-0.39, 0.29) is 6.10 Å². The maximum Gasteiger partial charge on any atom is 0.196 e. The van der Waals surface area contributed by atoms with Crippen molar-refractivity contribution >= 4 is 17.8 Å². The zero-order valence-corrected chi connectivity index (χ0v) is 17.6. The molecule has 3 aromatic carbocycles. The molecule has 31 heavy (non-hydrogen) atoms. The van der Waals surface area contributed by atoms with Gasteiger partial charge < -0.3 is 9.47 Å². The Hall–Kier alpha value is -3.51. The van der Waals surface area contributed by atoms with E-state index < -0.39 is 0 Å². The number of hydrogen-bond acceptors (Lipinski definition) is 5. The number of fused-ring (bicyclic) bond motifs is 1. The van der Waals surface area contributed by atoms with Gasteiger partial charge in [0.15, 0.2) is 28.6 Å². The summed E-state index contributed by atoms with van der Waals surface area (Å²) in [6, 6.07) is 28.1. The molecule has 0 saturated heterocycles. The van der Waals surface area contributed by atoms with E-state index in [2.05, 4.69) is 39.0 Å². The molecule has 0 N–H and O–H groups in total. The van der Waals surface area contributed by atoms with Crippen LogP contribution in [-0.4, -0.2) is 27.1 Å². The van der Waals surface area contributed by atoms with Crippen LogP contribution in [0.1, 0.15) is 17.5 Å². The zero-order valence-electron chi connectivity index (χ0n) is 16.8. The third-order valence-corrected chi connectivity index (χ3v) is 5.77. The standard InChI is InChI=1S/C25H21N3O2S/c1-3-10-19(11-4-1)12-9-17-31-25-27-26-24(28(25)20-13-5-2-6-14-20)23-18-29-21-15-7-8-16-22(21)30-23/h1-16,23H,17-18H2. The van der Waals surface area contributed by atoms with Gasteiger partial charge in [-0.15, -0.1) is 10.2 Å². The van der Waals surface area contributed by atoms with Crippen LogP contribution in [0, 0.1) is 0 Å². The van der Waals surface area contributed by atoms with E-state index in [4.69, 9.17) is 9.47 Å². The van der Waals surface area contributed by atoms with Crippen LogP contribution in [0.15, 0.2) is 96.2 Å². The van der Waals surface area contributed by atoms with Crippen LogP contribution in [-0.2, 0) is 0 Å². The maximum atomic E-state index is 6.21. The third kappa shape index (κ3) is 4.34. The first-order chi connectivity index (χ1) is 15.4. The molecule has 154 valence electrons. The van der Waals surface area contributed by atoms with E-state index in [1.54, 1.807) is 11.8 Å². The van der Waals surface area contributed by atoms with Crippen LogP contribution in [0.5, 0.6) is 11.5 Å². The Morgan fingerprint density at radius 2 is 1.58 bits per heavy atom. The van der Waals surface area contributed by atoms with Crippen LogP contribution in [0.25, 0.3) is 11.8 Å². The monoisotopic (exact) mass is 427 g/mol. The number of ether oxygens (including phenoxy) is 2. The minimum Gasteiger partial charge on any atom is -0.485 e. The van der Waals surface area contributed by atoms with Gasteiger partial charge in [0, 0.05) is 11.4 Å². The normalized spacial score (nSPS) is 15.3. The SMILES string of the molecule is C(=Cc1ccccc1)CSc1nnc(C2COc3ccccc3O2)n1-c1ccccc1. The molecule has 2 heterocycles. The van der Waals surface area contributed by atoms with Crippen molar-refractivity contribution in [2.45, 2.75) is 11.3 Å². The van der Waals surface area contributed by atoms with Crippen molar-refractivity contribution in [3.63, 3.8) is 0 Å². The van der Waals surface area contributed by atoms with Gasteiger partial charge >= 0.3 is 0 Å². The van der Waals surface area contributed by atoms with Gasteiger partial charge in [-0.1, -0.05) is 84.6 Å². The molecule has 1 atom stereocenters. The topological polar surface area (TPSA) is 49.2 Å². The molecule has 0 radical (unpaired) electrons. The summed E-state index contributed by atoms with van der Waals surface area (Å²) in [5.41, 5.74) is 2.18. The summed E-state index contributed by atoms with van der Waals surface area (Å²) in [5, 5.41) is 9.78. The van der Waals surface area contributed by atoms with E-state index in [0.717, 1.165) is 33.9 Å². The van der Waals surface area contributed by atoms with Crippen LogP contribution < -0.4 is 9.47 Å². The molecule has 1 aromatic heterocycles. The zero-order chi connectivity index (χ0) is 20.9. The van der Waals surface area contributed by atoms with Crippen molar-refractivity contribution in [3.8, 4) is 17.2 Å². The summed E-state index contributed by atoms with van der Waals surface area (Å²) in [6.45, 7) is 0.389. The number of para-hydroxylation sites is 3. The van der Waals surface area contributed by atoms with E-state index in [1.165, 1.54) is 5.56 Å². The Labute approximate surface area is 185 Å². The van der Waals surface area contributed by atoms with Crippen molar-refractivity contribution in [1.29, 1.82) is 0 Å². The summed E-state index contributed by atoms with van der Waals surface area (Å²) < 4.78 is 14.2. The molecule has 0 bridgehead atoms. The molecule has 0 fully saturated rings. The molecular formula is C25H21N3O2S. The Bertz CT molecular complexity index is 1180. The first-order valence-corrected chi connectivity index (χ1v) is 11.1. The Kier molecular flexibility index (Phi) is 5.71. The van der Waals surface area contributed by atoms with Gasteiger partial charge in [-0.2, -0.15) is 0 Å². The van der Waals surface area contributed by atoms with Crippen LogP contribution in [0.2, 0.25) is 0 Å². The number of aromatic nitrogens is 3. The predicted molar refractivity (Wildman–Crippen MR) is 123 cm³/mol. The van der Waals surface area contributed by atoms with Crippen molar-refractivity contribution in [2.75, 3.05) is 12.4 Å². The fourth-order valence-electron chi connectivity index (χ4n) is 3.42. The quantitative estimate of drug-likeness (QED) is 0.376. The van der Waals surface area contributed by atoms with Gasteiger partial charge in [0.05, 0.1) is 0 Å². The van der Waals surface area contributed by atoms with Crippen LogP contribution >= 0.6 is 11.8 Å². The highest BCUT2D eigenvalue weighted by atomic mass is 32.2. The van der Waals surface area contributed by atoms with E-state index in [0.29, 0.717) is 6.61 Å². The molecule has 1 unspecified atom stereocenters. The largest absolute Gasteiger partial charge is 0.485 e. The molecule has 4 aromatic rings. The number of nitrogens with zero attached hydrogens (tertiary/aromatic N) is 3. The first-order valence-electron chi connectivity index (χ1n) is 10.1. The summed E-state index contributed by atoms with van der Waals surface area (Å²) >= 11 is 1.64. The van der Waals surface area contributed by atoms with Gasteiger partial charge in [0.25, 0.3) is 0 Å². The highest BCUT2D eigenvalue weighted by Gasteiger charge is 2.29. The summed E-state index contributed by atoms with van der Waals surface area (Å²) in [5.74, 6) is 2.99. The Balaban J connectivity index is 1.40. The predicted octanol–water partition coefficient (Wildman–Crippen LogP) is 5.59. The molecule has 5 rings (SSSR count). The van der Waals surface area contributed by atoms with Crippen LogP contribution in [0.3, 0.4) is 0 Å². The van der Waals surface area contributed by atoms with Gasteiger partial charge in [-0.3, -0.25) is 4.57 Å². The van der Waals surface area contributed by atoms with Gasteiger partial charge in [-0.25, -0.2) is 0 Å². The smallest absolute Gasteiger partial charge is 0.196 e. The minimum absolute atomic E-state index is 0.336. The fraction of sp³-hybridized carbons (Fsp3) is 0.120. The molecule has 1 aliphatic rings. The lowest BCUT2D eigenvalue weighted by Gasteiger charge is -2.26. The average Bonchev–Trinajstić information content (AvgIpc) is 3.26. The molecule has 0 aliphatic carbocycles. The van der Waals surface area contributed by atoms with Gasteiger partial charge in [0.1, 0.15) is 6.61 Å². The number of benzene rings is 3. The first kappa shape index (κ1) is 19.5. The molecule has 6 heteroatoms. The third-order valence-electron chi connectivity index (χ3n) is 4.89. The second kappa shape index (κ2) is 9.10. The lowest BCUT2D eigenvalue weighted by atomic mass is 10.2. The van der Waals surface area contributed by atoms with E-state index in [9.17, 15) is 0 Å². The number of thioether (sulfide) groups is 1. The number of rotatable bonds is 6. The minimum atomic E-state index is -0.336. The van der Waals surface area contributed by atoms with Gasteiger partial charge in [0.2, 0.25) is 0 Å². The lowest BCUT2D eigenvalue weighted by molar-refractivity contribution is 0.0835. The van der Waals surface area contributed by atoms with Gasteiger partial charge in [-0.05, 0) is 29.8 Å². The summed E-state index contributed by atoms with van der Waals surface area (Å²) in [7, 11) is 0. The Morgan fingerprint density at radius 1 is 0.871 bits per heavy atom. The second-order valence-electron chi connectivity index (χ2n) is 7.00.